The minimum atomic E-state index is -0.314. The maximum Gasteiger partial charge on any atom is 0.341 e. The molecular formula is C15H21NO3S. The molecule has 0 aromatic carbocycles. The molecule has 5 heteroatoms. The number of hydrogen-bond donors (Lipinski definition) is 1. The molecule has 1 atom stereocenters. The molecule has 1 aromatic rings. The Bertz CT molecular complexity index is 521. The van der Waals surface area contributed by atoms with Crippen LogP contribution < -0.4 is 5.32 Å². The van der Waals surface area contributed by atoms with Gasteiger partial charge in [0.05, 0.1) is 12.2 Å². The molecule has 1 amide bonds. The van der Waals surface area contributed by atoms with E-state index in [1.165, 1.54) is 16.2 Å². The summed E-state index contributed by atoms with van der Waals surface area (Å²) in [5, 5.41) is 3.51. The van der Waals surface area contributed by atoms with Crippen molar-refractivity contribution in [2.75, 3.05) is 11.9 Å². The van der Waals surface area contributed by atoms with Gasteiger partial charge in [0.15, 0.2) is 0 Å². The van der Waals surface area contributed by atoms with Crippen LogP contribution in [0.25, 0.3) is 0 Å². The highest BCUT2D eigenvalue weighted by molar-refractivity contribution is 7.17. The van der Waals surface area contributed by atoms with E-state index in [9.17, 15) is 9.59 Å². The number of thiophene rings is 1. The fraction of sp³-hybridized carbons (Fsp3) is 0.600. The molecular weight excluding hydrogens is 274 g/mol. The van der Waals surface area contributed by atoms with Crippen LogP contribution in [0.5, 0.6) is 0 Å². The normalized spacial score (nSPS) is 17.4. The van der Waals surface area contributed by atoms with Gasteiger partial charge in [-0.3, -0.25) is 4.79 Å². The number of ether oxygens (including phenoxy) is 1. The summed E-state index contributed by atoms with van der Waals surface area (Å²) in [6.07, 6.45) is 3.41. The molecule has 0 saturated carbocycles. The summed E-state index contributed by atoms with van der Waals surface area (Å²) < 4.78 is 5.16. The Kier molecular flexibility index (Phi) is 4.81. The van der Waals surface area contributed by atoms with Gasteiger partial charge < -0.3 is 10.1 Å². The minimum Gasteiger partial charge on any atom is -0.462 e. The van der Waals surface area contributed by atoms with Gasteiger partial charge in [0.2, 0.25) is 5.91 Å². The number of fused-ring (bicyclic) bond motifs is 1. The molecule has 0 saturated heterocycles. The van der Waals surface area contributed by atoms with Crippen molar-refractivity contribution in [3.63, 3.8) is 0 Å². The van der Waals surface area contributed by atoms with Gasteiger partial charge in [-0.25, -0.2) is 4.79 Å². The van der Waals surface area contributed by atoms with Crippen molar-refractivity contribution in [2.45, 2.75) is 46.5 Å². The molecule has 20 heavy (non-hydrogen) atoms. The summed E-state index contributed by atoms with van der Waals surface area (Å²) in [5.41, 5.74) is 1.67. The molecule has 1 aliphatic carbocycles. The topological polar surface area (TPSA) is 55.4 Å². The number of carbonyl (C=O) groups is 2. The zero-order chi connectivity index (χ0) is 14.7. The lowest BCUT2D eigenvalue weighted by Crippen LogP contribution is -2.16. The number of carbonyl (C=O) groups excluding carboxylic acids is 2. The molecule has 0 radical (unpaired) electrons. The van der Waals surface area contributed by atoms with E-state index >= 15 is 0 Å². The Balaban J connectivity index is 2.40. The molecule has 0 bridgehead atoms. The van der Waals surface area contributed by atoms with Crippen LogP contribution in [0.15, 0.2) is 0 Å². The SMILES string of the molecule is CCOC(=O)c1c(NC(=O)CC)sc2c1C[C@H](C)CC2. The maximum atomic E-state index is 12.2. The molecule has 110 valence electrons. The van der Waals surface area contributed by atoms with Crippen molar-refractivity contribution in [3.8, 4) is 0 Å². The minimum absolute atomic E-state index is 0.0674. The van der Waals surface area contributed by atoms with Crippen molar-refractivity contribution in [2.24, 2.45) is 5.92 Å². The van der Waals surface area contributed by atoms with Crippen molar-refractivity contribution in [3.05, 3.63) is 16.0 Å². The zero-order valence-corrected chi connectivity index (χ0v) is 13.1. The molecule has 1 N–H and O–H groups in total. The van der Waals surface area contributed by atoms with Gasteiger partial charge in [-0.15, -0.1) is 11.3 Å². The zero-order valence-electron chi connectivity index (χ0n) is 12.2. The average Bonchev–Trinajstić information content (AvgIpc) is 2.75. The molecule has 0 spiro atoms. The van der Waals surface area contributed by atoms with E-state index in [2.05, 4.69) is 12.2 Å². The first-order valence-electron chi connectivity index (χ1n) is 7.18. The predicted octanol–water partition coefficient (Wildman–Crippen LogP) is 3.40. The molecule has 1 aromatic heterocycles. The van der Waals surface area contributed by atoms with Gasteiger partial charge >= 0.3 is 5.97 Å². The first-order chi connectivity index (χ1) is 9.56. The summed E-state index contributed by atoms with van der Waals surface area (Å²) in [6, 6.07) is 0. The third-order valence-corrected chi connectivity index (χ3v) is 4.77. The van der Waals surface area contributed by atoms with Crippen LogP contribution in [0.1, 0.15) is 54.4 Å². The monoisotopic (exact) mass is 295 g/mol. The largest absolute Gasteiger partial charge is 0.462 e. The molecule has 0 aliphatic heterocycles. The van der Waals surface area contributed by atoms with Crippen LogP contribution in [0, 0.1) is 5.92 Å². The number of anilines is 1. The lowest BCUT2D eigenvalue weighted by Gasteiger charge is -2.18. The lowest BCUT2D eigenvalue weighted by molar-refractivity contribution is -0.115. The quantitative estimate of drug-likeness (QED) is 0.866. The second-order valence-corrected chi connectivity index (χ2v) is 6.28. The fourth-order valence-electron chi connectivity index (χ4n) is 2.48. The smallest absolute Gasteiger partial charge is 0.341 e. The number of aryl methyl sites for hydroxylation is 1. The van der Waals surface area contributed by atoms with Gasteiger partial charge in [-0.05, 0) is 37.7 Å². The number of esters is 1. The van der Waals surface area contributed by atoms with Crippen LogP contribution >= 0.6 is 11.3 Å². The van der Waals surface area contributed by atoms with Crippen LogP contribution in [0.2, 0.25) is 0 Å². The molecule has 0 unspecified atom stereocenters. The first-order valence-corrected chi connectivity index (χ1v) is 7.99. The van der Waals surface area contributed by atoms with Crippen molar-refractivity contribution in [1.82, 2.24) is 0 Å². The molecule has 4 nitrogen and oxygen atoms in total. The third-order valence-electron chi connectivity index (χ3n) is 3.56. The number of hydrogen-bond acceptors (Lipinski definition) is 4. The fourth-order valence-corrected chi connectivity index (χ4v) is 3.73. The van der Waals surface area contributed by atoms with Gasteiger partial charge in [0.1, 0.15) is 5.00 Å². The molecule has 1 heterocycles. The van der Waals surface area contributed by atoms with Crippen molar-refractivity contribution in [1.29, 1.82) is 0 Å². The van der Waals surface area contributed by atoms with Gasteiger partial charge in [-0.2, -0.15) is 0 Å². The number of nitrogens with one attached hydrogen (secondary N) is 1. The molecule has 1 aliphatic rings. The van der Waals surface area contributed by atoms with E-state index < -0.39 is 0 Å². The Morgan fingerprint density at radius 3 is 2.80 bits per heavy atom. The van der Waals surface area contributed by atoms with Crippen LogP contribution in [-0.4, -0.2) is 18.5 Å². The van der Waals surface area contributed by atoms with Crippen molar-refractivity contribution < 1.29 is 14.3 Å². The van der Waals surface area contributed by atoms with E-state index in [0.29, 0.717) is 29.5 Å². The molecule has 0 fully saturated rings. The van der Waals surface area contributed by atoms with E-state index in [1.807, 2.05) is 0 Å². The van der Waals surface area contributed by atoms with E-state index in [1.54, 1.807) is 13.8 Å². The van der Waals surface area contributed by atoms with E-state index in [0.717, 1.165) is 24.8 Å². The summed E-state index contributed by atoms with van der Waals surface area (Å²) in [7, 11) is 0. The highest BCUT2D eigenvalue weighted by atomic mass is 32.1. The second-order valence-electron chi connectivity index (χ2n) is 5.18. The van der Waals surface area contributed by atoms with E-state index in [-0.39, 0.29) is 11.9 Å². The third kappa shape index (κ3) is 3.03. The van der Waals surface area contributed by atoms with Crippen LogP contribution in [0.3, 0.4) is 0 Å². The summed E-state index contributed by atoms with van der Waals surface area (Å²) >= 11 is 1.53. The Hall–Kier alpha value is -1.36. The first kappa shape index (κ1) is 15.0. The van der Waals surface area contributed by atoms with Crippen LogP contribution in [-0.2, 0) is 22.4 Å². The van der Waals surface area contributed by atoms with Crippen molar-refractivity contribution >= 4 is 28.2 Å². The maximum absolute atomic E-state index is 12.2. The average molecular weight is 295 g/mol. The van der Waals surface area contributed by atoms with Gasteiger partial charge in [-0.1, -0.05) is 13.8 Å². The van der Waals surface area contributed by atoms with Gasteiger partial charge in [0, 0.05) is 11.3 Å². The lowest BCUT2D eigenvalue weighted by atomic mass is 9.88. The predicted molar refractivity (Wildman–Crippen MR) is 80.4 cm³/mol. The summed E-state index contributed by atoms with van der Waals surface area (Å²) in [4.78, 5) is 25.1. The Morgan fingerprint density at radius 2 is 2.15 bits per heavy atom. The van der Waals surface area contributed by atoms with Gasteiger partial charge in [0.25, 0.3) is 0 Å². The highest BCUT2D eigenvalue weighted by Gasteiger charge is 2.29. The summed E-state index contributed by atoms with van der Waals surface area (Å²) in [5.74, 6) is 0.188. The number of rotatable bonds is 4. The summed E-state index contributed by atoms with van der Waals surface area (Å²) in [6.45, 7) is 6.14. The Labute approximate surface area is 123 Å². The van der Waals surface area contributed by atoms with Crippen LogP contribution in [0.4, 0.5) is 5.00 Å². The highest BCUT2D eigenvalue weighted by Crippen LogP contribution is 2.40. The standard InChI is InChI=1S/C15H21NO3S/c1-4-12(17)16-14-13(15(18)19-5-2)10-8-9(3)6-7-11(10)20-14/h9H,4-8H2,1-3H3,(H,16,17)/t9-/m1/s1. The van der Waals surface area contributed by atoms with E-state index in [4.69, 9.17) is 4.74 Å². The number of amides is 1. The molecule has 2 rings (SSSR count). The second kappa shape index (κ2) is 6.39. The Morgan fingerprint density at radius 1 is 1.40 bits per heavy atom.